The van der Waals surface area contributed by atoms with Crippen molar-refractivity contribution in [3.63, 3.8) is 0 Å². The Morgan fingerprint density at radius 2 is 2.04 bits per heavy atom. The van der Waals surface area contributed by atoms with Gasteiger partial charge in [-0.25, -0.2) is 9.50 Å². The van der Waals surface area contributed by atoms with E-state index in [0.717, 1.165) is 56.1 Å². The molecule has 3 aromatic heterocycles. The first-order valence-corrected chi connectivity index (χ1v) is 11.1. The molecular weight excluding hydrogens is 370 g/mol. The molecule has 7 heteroatoms. The van der Waals surface area contributed by atoms with E-state index in [1.54, 1.807) is 11.3 Å². The third-order valence-corrected chi connectivity index (χ3v) is 6.61. The molecule has 0 saturated carbocycles. The van der Waals surface area contributed by atoms with Gasteiger partial charge in [0, 0.05) is 32.1 Å². The fraction of sp³-hybridized carbons (Fsp3) is 0.476. The molecule has 3 aromatic rings. The predicted octanol–water partition coefficient (Wildman–Crippen LogP) is 3.34. The summed E-state index contributed by atoms with van der Waals surface area (Å²) in [6.07, 6.45) is 7.16. The lowest BCUT2D eigenvalue weighted by atomic mass is 9.97. The van der Waals surface area contributed by atoms with Gasteiger partial charge in [-0.05, 0) is 60.2 Å². The lowest BCUT2D eigenvalue weighted by Crippen LogP contribution is -2.40. The molecule has 1 amide bonds. The monoisotopic (exact) mass is 395 g/mol. The molecule has 6 nitrogen and oxygen atoms in total. The Balaban J connectivity index is 1.32. The maximum absolute atomic E-state index is 12.7. The molecule has 0 aromatic carbocycles. The zero-order valence-corrected chi connectivity index (χ0v) is 16.8. The average molecular weight is 396 g/mol. The largest absolute Gasteiger partial charge is 0.370 e. The number of amides is 1. The third kappa shape index (κ3) is 3.51. The average Bonchev–Trinajstić information content (AvgIpc) is 3.48. The van der Waals surface area contributed by atoms with Crippen molar-refractivity contribution >= 4 is 28.6 Å². The summed E-state index contributed by atoms with van der Waals surface area (Å²) in [7, 11) is 0. The third-order valence-electron chi connectivity index (χ3n) is 5.88. The second kappa shape index (κ2) is 7.54. The predicted molar refractivity (Wildman–Crippen MR) is 111 cm³/mol. The van der Waals surface area contributed by atoms with Crippen LogP contribution in [0.4, 0.5) is 5.69 Å². The van der Waals surface area contributed by atoms with E-state index in [2.05, 4.69) is 28.6 Å². The number of rotatable bonds is 4. The smallest absolute Gasteiger partial charge is 0.227 e. The Kier molecular flexibility index (Phi) is 4.76. The van der Waals surface area contributed by atoms with E-state index in [9.17, 15) is 4.79 Å². The van der Waals surface area contributed by atoms with Crippen LogP contribution in [-0.4, -0.2) is 51.6 Å². The first kappa shape index (κ1) is 17.7. The second-order valence-corrected chi connectivity index (χ2v) is 8.62. The fourth-order valence-electron chi connectivity index (χ4n) is 4.32. The van der Waals surface area contributed by atoms with Crippen molar-refractivity contribution in [3.8, 4) is 0 Å². The number of fused-ring (bicyclic) bond motifs is 1. The van der Waals surface area contributed by atoms with Gasteiger partial charge in [0.05, 0.1) is 18.3 Å². The van der Waals surface area contributed by atoms with Crippen molar-refractivity contribution in [2.75, 3.05) is 31.1 Å². The minimum absolute atomic E-state index is 0.211. The van der Waals surface area contributed by atoms with E-state index in [4.69, 9.17) is 10.1 Å². The van der Waals surface area contributed by atoms with Gasteiger partial charge in [-0.1, -0.05) is 0 Å². The van der Waals surface area contributed by atoms with Crippen molar-refractivity contribution in [3.05, 3.63) is 46.5 Å². The first-order valence-electron chi connectivity index (χ1n) is 10.2. The molecule has 146 valence electrons. The standard InChI is InChI=1S/C21H25N5OS/c27-20(12-16-7-11-28-15-16)25-10-3-4-17(13-25)21-22-19-6-5-18(14-26(19)23-21)24-8-1-2-9-24/h5-7,11,14-15,17H,1-4,8-10,12-13H2/t17-/m0/s1. The van der Waals surface area contributed by atoms with Crippen LogP contribution in [0.25, 0.3) is 5.65 Å². The number of piperidine rings is 1. The number of pyridine rings is 1. The number of carbonyl (C=O) groups excluding carboxylic acids is 1. The SMILES string of the molecule is O=C(Cc1ccsc1)N1CCC[C@H](c2nc3ccc(N4CCCC4)cn3n2)C1. The summed E-state index contributed by atoms with van der Waals surface area (Å²) in [5.41, 5.74) is 3.22. The van der Waals surface area contributed by atoms with Gasteiger partial charge in [-0.15, -0.1) is 0 Å². The molecule has 2 saturated heterocycles. The topological polar surface area (TPSA) is 53.7 Å². The van der Waals surface area contributed by atoms with Crippen molar-refractivity contribution in [2.24, 2.45) is 0 Å². The highest BCUT2D eigenvalue weighted by molar-refractivity contribution is 7.08. The van der Waals surface area contributed by atoms with Gasteiger partial charge in [-0.3, -0.25) is 4.79 Å². The molecule has 28 heavy (non-hydrogen) atoms. The number of nitrogens with zero attached hydrogens (tertiary/aromatic N) is 5. The van der Waals surface area contributed by atoms with Crippen LogP contribution in [0, 0.1) is 0 Å². The summed E-state index contributed by atoms with van der Waals surface area (Å²) in [4.78, 5) is 21.9. The van der Waals surface area contributed by atoms with E-state index in [1.165, 1.54) is 18.5 Å². The van der Waals surface area contributed by atoms with E-state index in [1.807, 2.05) is 20.9 Å². The molecule has 0 unspecified atom stereocenters. The molecule has 2 fully saturated rings. The van der Waals surface area contributed by atoms with Crippen LogP contribution in [0.2, 0.25) is 0 Å². The maximum Gasteiger partial charge on any atom is 0.227 e. The van der Waals surface area contributed by atoms with Crippen molar-refractivity contribution < 1.29 is 4.79 Å². The summed E-state index contributed by atoms with van der Waals surface area (Å²) in [6, 6.07) is 6.24. The lowest BCUT2D eigenvalue weighted by Gasteiger charge is -2.31. The van der Waals surface area contributed by atoms with Crippen LogP contribution in [0.5, 0.6) is 0 Å². The number of carbonyl (C=O) groups is 1. The van der Waals surface area contributed by atoms with Crippen LogP contribution in [0.1, 0.15) is 43.0 Å². The Bertz CT molecular complexity index is 961. The highest BCUT2D eigenvalue weighted by Gasteiger charge is 2.27. The van der Waals surface area contributed by atoms with E-state index in [-0.39, 0.29) is 11.8 Å². The number of aromatic nitrogens is 3. The van der Waals surface area contributed by atoms with Gasteiger partial charge in [-0.2, -0.15) is 16.4 Å². The van der Waals surface area contributed by atoms with Gasteiger partial charge in [0.2, 0.25) is 5.91 Å². The van der Waals surface area contributed by atoms with Crippen molar-refractivity contribution in [2.45, 2.75) is 38.0 Å². The quantitative estimate of drug-likeness (QED) is 0.680. The zero-order valence-electron chi connectivity index (χ0n) is 16.0. The van der Waals surface area contributed by atoms with Crippen molar-refractivity contribution in [1.82, 2.24) is 19.5 Å². The van der Waals surface area contributed by atoms with Crippen LogP contribution in [-0.2, 0) is 11.2 Å². The van der Waals surface area contributed by atoms with Crippen LogP contribution in [0.15, 0.2) is 35.2 Å². The van der Waals surface area contributed by atoms with Crippen LogP contribution in [0.3, 0.4) is 0 Å². The van der Waals surface area contributed by atoms with Crippen molar-refractivity contribution in [1.29, 1.82) is 0 Å². The summed E-state index contributed by atoms with van der Waals surface area (Å²) in [5.74, 6) is 1.30. The number of thiophene rings is 1. The highest BCUT2D eigenvalue weighted by Crippen LogP contribution is 2.27. The molecule has 2 aliphatic heterocycles. The van der Waals surface area contributed by atoms with Gasteiger partial charge in [0.25, 0.3) is 0 Å². The van der Waals surface area contributed by atoms with Gasteiger partial charge in [0.1, 0.15) is 0 Å². The van der Waals surface area contributed by atoms with Crippen LogP contribution < -0.4 is 4.90 Å². The second-order valence-electron chi connectivity index (χ2n) is 7.84. The number of likely N-dealkylation sites (tertiary alicyclic amines) is 1. The molecular formula is C21H25N5OS. The molecule has 5 heterocycles. The fourth-order valence-corrected chi connectivity index (χ4v) is 4.99. The van der Waals surface area contributed by atoms with Gasteiger partial charge < -0.3 is 9.80 Å². The van der Waals surface area contributed by atoms with E-state index in [0.29, 0.717) is 6.42 Å². The summed E-state index contributed by atoms with van der Waals surface area (Å²) >= 11 is 1.64. The van der Waals surface area contributed by atoms with Crippen LogP contribution >= 0.6 is 11.3 Å². The number of hydrogen-bond acceptors (Lipinski definition) is 5. The molecule has 5 rings (SSSR count). The van der Waals surface area contributed by atoms with E-state index < -0.39 is 0 Å². The highest BCUT2D eigenvalue weighted by atomic mass is 32.1. The zero-order chi connectivity index (χ0) is 18.9. The lowest BCUT2D eigenvalue weighted by molar-refractivity contribution is -0.131. The minimum Gasteiger partial charge on any atom is -0.370 e. The number of hydrogen-bond donors (Lipinski definition) is 0. The maximum atomic E-state index is 12.7. The molecule has 2 aliphatic rings. The molecule has 0 N–H and O–H groups in total. The molecule has 0 radical (unpaired) electrons. The Hall–Kier alpha value is -2.41. The Labute approximate surface area is 168 Å². The van der Waals surface area contributed by atoms with Gasteiger partial charge >= 0.3 is 0 Å². The Morgan fingerprint density at radius 1 is 1.14 bits per heavy atom. The first-order chi connectivity index (χ1) is 13.8. The van der Waals surface area contributed by atoms with Gasteiger partial charge in [0.15, 0.2) is 11.5 Å². The number of anilines is 1. The minimum atomic E-state index is 0.211. The normalized spacial score (nSPS) is 20.2. The Morgan fingerprint density at radius 3 is 2.86 bits per heavy atom. The summed E-state index contributed by atoms with van der Waals surface area (Å²) < 4.78 is 1.91. The molecule has 0 bridgehead atoms. The molecule has 0 aliphatic carbocycles. The molecule has 0 spiro atoms. The molecule has 1 atom stereocenters. The summed E-state index contributed by atoms with van der Waals surface area (Å²) in [5, 5.41) is 8.86. The summed E-state index contributed by atoms with van der Waals surface area (Å²) in [6.45, 7) is 3.80. The van der Waals surface area contributed by atoms with E-state index >= 15 is 0 Å².